The van der Waals surface area contributed by atoms with E-state index in [2.05, 4.69) is 10.1 Å². The van der Waals surface area contributed by atoms with Crippen molar-refractivity contribution in [2.24, 2.45) is 5.92 Å². The first-order chi connectivity index (χ1) is 11.7. The zero-order valence-corrected chi connectivity index (χ0v) is 14.3. The Morgan fingerprint density at radius 3 is 2.62 bits per heavy atom. The van der Waals surface area contributed by atoms with Crippen molar-refractivity contribution >= 4 is 5.78 Å². The standard InChI is InChI=1S/C19H24N2O3/c1-14(13-21-10-4-3-5-11-21)19(22)18-12-17(20-24-18)15-6-8-16(23-2)9-7-15/h6-9,12,14H,3-5,10-11,13H2,1-2H3. The van der Waals surface area contributed by atoms with Crippen LogP contribution in [0.15, 0.2) is 34.9 Å². The van der Waals surface area contributed by atoms with Crippen molar-refractivity contribution in [1.29, 1.82) is 0 Å². The van der Waals surface area contributed by atoms with Gasteiger partial charge in [0.15, 0.2) is 0 Å². The molecule has 5 heteroatoms. The van der Waals surface area contributed by atoms with Crippen LogP contribution in [0.4, 0.5) is 0 Å². The Kier molecular flexibility index (Phi) is 5.30. The van der Waals surface area contributed by atoms with Crippen molar-refractivity contribution in [3.05, 3.63) is 36.1 Å². The van der Waals surface area contributed by atoms with E-state index in [1.165, 1.54) is 19.3 Å². The SMILES string of the molecule is COc1ccc(-c2cc(C(=O)C(C)CN3CCCCC3)on2)cc1. The van der Waals surface area contributed by atoms with E-state index in [0.29, 0.717) is 11.5 Å². The number of benzene rings is 1. The number of carbonyl (C=O) groups excluding carboxylic acids is 1. The summed E-state index contributed by atoms with van der Waals surface area (Å²) in [6.07, 6.45) is 3.75. The van der Waals surface area contributed by atoms with Crippen molar-refractivity contribution in [3.63, 3.8) is 0 Å². The number of likely N-dealkylation sites (tertiary alicyclic amines) is 1. The average molecular weight is 328 g/mol. The summed E-state index contributed by atoms with van der Waals surface area (Å²) < 4.78 is 10.4. The molecule has 0 radical (unpaired) electrons. The molecule has 128 valence electrons. The minimum absolute atomic E-state index is 0.0211. The Bertz CT molecular complexity index is 672. The second-order valence-electron chi connectivity index (χ2n) is 6.43. The summed E-state index contributed by atoms with van der Waals surface area (Å²) in [5, 5.41) is 4.04. The zero-order chi connectivity index (χ0) is 16.9. The highest BCUT2D eigenvalue weighted by atomic mass is 16.5. The van der Waals surface area contributed by atoms with Crippen LogP contribution < -0.4 is 4.74 Å². The van der Waals surface area contributed by atoms with Crippen LogP contribution >= 0.6 is 0 Å². The molecular formula is C19H24N2O3. The molecule has 1 fully saturated rings. The van der Waals surface area contributed by atoms with Gasteiger partial charge in [0, 0.05) is 24.1 Å². The average Bonchev–Trinajstić information content (AvgIpc) is 3.12. The molecule has 1 aromatic carbocycles. The number of nitrogens with zero attached hydrogens (tertiary/aromatic N) is 2. The predicted molar refractivity (Wildman–Crippen MR) is 92.3 cm³/mol. The molecule has 0 N–H and O–H groups in total. The highest BCUT2D eigenvalue weighted by molar-refractivity contribution is 5.96. The number of carbonyl (C=O) groups is 1. The summed E-state index contributed by atoms with van der Waals surface area (Å²) in [6, 6.07) is 9.27. The molecule has 24 heavy (non-hydrogen) atoms. The summed E-state index contributed by atoms with van der Waals surface area (Å²) in [7, 11) is 1.63. The number of hydrogen-bond acceptors (Lipinski definition) is 5. The fourth-order valence-corrected chi connectivity index (χ4v) is 3.14. The van der Waals surface area contributed by atoms with Crippen LogP contribution in [0.3, 0.4) is 0 Å². The molecule has 2 aromatic rings. The molecule has 1 atom stereocenters. The lowest BCUT2D eigenvalue weighted by Crippen LogP contribution is -2.35. The lowest BCUT2D eigenvalue weighted by Gasteiger charge is -2.28. The molecule has 0 bridgehead atoms. The van der Waals surface area contributed by atoms with Crippen molar-refractivity contribution in [1.82, 2.24) is 10.1 Å². The quantitative estimate of drug-likeness (QED) is 0.758. The lowest BCUT2D eigenvalue weighted by atomic mass is 10.0. The van der Waals surface area contributed by atoms with Crippen molar-refractivity contribution in [2.75, 3.05) is 26.7 Å². The largest absolute Gasteiger partial charge is 0.497 e. The third kappa shape index (κ3) is 3.85. The van der Waals surface area contributed by atoms with Gasteiger partial charge in [-0.25, -0.2) is 0 Å². The molecule has 1 unspecified atom stereocenters. The van der Waals surface area contributed by atoms with Crippen LogP contribution in [-0.2, 0) is 0 Å². The zero-order valence-electron chi connectivity index (χ0n) is 14.3. The summed E-state index contributed by atoms with van der Waals surface area (Å²) in [4.78, 5) is 15.0. The van der Waals surface area contributed by atoms with E-state index >= 15 is 0 Å². The molecule has 1 aromatic heterocycles. The van der Waals surface area contributed by atoms with Crippen LogP contribution in [-0.4, -0.2) is 42.6 Å². The Hall–Kier alpha value is -2.14. The van der Waals surface area contributed by atoms with Gasteiger partial charge in [0.25, 0.3) is 0 Å². The van der Waals surface area contributed by atoms with E-state index in [1.54, 1.807) is 13.2 Å². The van der Waals surface area contributed by atoms with E-state index in [4.69, 9.17) is 9.26 Å². The summed E-state index contributed by atoms with van der Waals surface area (Å²) in [5.74, 6) is 1.06. The van der Waals surface area contributed by atoms with E-state index < -0.39 is 0 Å². The third-order valence-electron chi connectivity index (χ3n) is 4.57. The molecule has 0 saturated carbocycles. The number of Topliss-reactive ketones (excluding diaryl/α,β-unsaturated/α-hetero) is 1. The first-order valence-corrected chi connectivity index (χ1v) is 8.55. The maximum atomic E-state index is 12.6. The number of methoxy groups -OCH3 is 1. The van der Waals surface area contributed by atoms with Gasteiger partial charge < -0.3 is 14.2 Å². The highest BCUT2D eigenvalue weighted by Gasteiger charge is 2.23. The maximum Gasteiger partial charge on any atom is 0.204 e. The van der Waals surface area contributed by atoms with Gasteiger partial charge in [0.1, 0.15) is 11.4 Å². The Morgan fingerprint density at radius 2 is 1.96 bits per heavy atom. The first kappa shape index (κ1) is 16.7. The minimum atomic E-state index is -0.0835. The monoisotopic (exact) mass is 328 g/mol. The van der Waals surface area contributed by atoms with Crippen molar-refractivity contribution in [3.8, 4) is 17.0 Å². The third-order valence-corrected chi connectivity index (χ3v) is 4.57. The van der Waals surface area contributed by atoms with Crippen LogP contribution in [0.2, 0.25) is 0 Å². The Balaban J connectivity index is 1.65. The summed E-state index contributed by atoms with van der Waals surface area (Å²) in [6.45, 7) is 4.93. The molecule has 1 saturated heterocycles. The topological polar surface area (TPSA) is 55.6 Å². The second kappa shape index (κ2) is 7.62. The predicted octanol–water partition coefficient (Wildman–Crippen LogP) is 3.65. The molecule has 0 aliphatic carbocycles. The molecule has 1 aliphatic heterocycles. The van der Waals surface area contributed by atoms with Crippen LogP contribution in [0.25, 0.3) is 11.3 Å². The molecule has 0 spiro atoms. The van der Waals surface area contributed by atoms with Gasteiger partial charge in [-0.1, -0.05) is 18.5 Å². The van der Waals surface area contributed by atoms with E-state index in [1.807, 2.05) is 31.2 Å². The first-order valence-electron chi connectivity index (χ1n) is 8.55. The molecular weight excluding hydrogens is 304 g/mol. The minimum Gasteiger partial charge on any atom is -0.497 e. The molecule has 1 aliphatic rings. The number of hydrogen-bond donors (Lipinski definition) is 0. The van der Waals surface area contributed by atoms with Crippen molar-refractivity contribution in [2.45, 2.75) is 26.2 Å². The van der Waals surface area contributed by atoms with Crippen molar-refractivity contribution < 1.29 is 14.1 Å². The van der Waals surface area contributed by atoms with Gasteiger partial charge in [-0.3, -0.25) is 4.79 Å². The molecule has 2 heterocycles. The second-order valence-corrected chi connectivity index (χ2v) is 6.43. The lowest BCUT2D eigenvalue weighted by molar-refractivity contribution is 0.0846. The number of ketones is 1. The highest BCUT2D eigenvalue weighted by Crippen LogP contribution is 2.23. The van der Waals surface area contributed by atoms with Crippen LogP contribution in [0, 0.1) is 5.92 Å². The van der Waals surface area contributed by atoms with Gasteiger partial charge in [-0.05, 0) is 50.2 Å². The van der Waals surface area contributed by atoms with Gasteiger partial charge in [-0.2, -0.15) is 0 Å². The number of piperidine rings is 1. The van der Waals surface area contributed by atoms with Crippen LogP contribution in [0.1, 0.15) is 36.7 Å². The van der Waals surface area contributed by atoms with E-state index in [0.717, 1.165) is 30.9 Å². The fraction of sp³-hybridized carbons (Fsp3) is 0.474. The van der Waals surface area contributed by atoms with E-state index in [-0.39, 0.29) is 11.7 Å². The van der Waals surface area contributed by atoms with Crippen LogP contribution in [0.5, 0.6) is 5.75 Å². The van der Waals surface area contributed by atoms with Gasteiger partial charge in [0.2, 0.25) is 11.5 Å². The number of aromatic nitrogens is 1. The Morgan fingerprint density at radius 1 is 1.25 bits per heavy atom. The molecule has 5 nitrogen and oxygen atoms in total. The molecule has 0 amide bonds. The van der Waals surface area contributed by atoms with E-state index in [9.17, 15) is 4.79 Å². The van der Waals surface area contributed by atoms with Gasteiger partial charge in [-0.15, -0.1) is 0 Å². The van der Waals surface area contributed by atoms with Gasteiger partial charge >= 0.3 is 0 Å². The van der Waals surface area contributed by atoms with Gasteiger partial charge in [0.05, 0.1) is 7.11 Å². The maximum absolute atomic E-state index is 12.6. The summed E-state index contributed by atoms with van der Waals surface area (Å²) >= 11 is 0. The fourth-order valence-electron chi connectivity index (χ4n) is 3.14. The smallest absolute Gasteiger partial charge is 0.204 e. The normalized spacial score (nSPS) is 16.8. The molecule has 3 rings (SSSR count). The summed E-state index contributed by atoms with van der Waals surface area (Å²) in [5.41, 5.74) is 1.58. The number of rotatable bonds is 6. The Labute approximate surface area is 142 Å². The number of ether oxygens (including phenoxy) is 1.